The first-order chi connectivity index (χ1) is 16.5. The zero-order valence-corrected chi connectivity index (χ0v) is 19.5. The quantitative estimate of drug-likeness (QED) is 0.358. The van der Waals surface area contributed by atoms with Crippen molar-refractivity contribution in [1.29, 1.82) is 0 Å². The molecular formula is C25H17N3O4S2. The number of nitrogens with one attached hydrogen (secondary N) is 2. The van der Waals surface area contributed by atoms with Crippen LogP contribution in [0.15, 0.2) is 71.8 Å². The minimum atomic E-state index is -0.397. The molecule has 168 valence electrons. The molecule has 9 heteroatoms. The molecule has 0 spiro atoms. The summed E-state index contributed by atoms with van der Waals surface area (Å²) in [5, 5.41) is 5.66. The standard InChI is InChI=1S/C25H17N3O4S2/c1-32-16-4-2-3-15(13-16)27-23(29)21-8-7-20(33-21)17-9-10-26-19-6-5-14(11-18(17)19)12-22-24(30)28-25(31)34-22/h2-13H,1H3,(H,27,29)(H,28,30,31). The topological polar surface area (TPSA) is 97.4 Å². The molecule has 0 unspecified atom stereocenters. The molecule has 34 heavy (non-hydrogen) atoms. The first-order valence-electron chi connectivity index (χ1n) is 10.2. The van der Waals surface area contributed by atoms with Crippen molar-refractivity contribution in [2.45, 2.75) is 0 Å². The number of carbonyl (C=O) groups excluding carboxylic acids is 3. The second-order valence-corrected chi connectivity index (χ2v) is 9.44. The van der Waals surface area contributed by atoms with Crippen molar-refractivity contribution in [1.82, 2.24) is 10.3 Å². The maximum absolute atomic E-state index is 12.8. The van der Waals surface area contributed by atoms with E-state index < -0.39 is 5.91 Å². The summed E-state index contributed by atoms with van der Waals surface area (Å²) in [5.41, 5.74) is 3.14. The van der Waals surface area contributed by atoms with E-state index in [2.05, 4.69) is 15.6 Å². The third kappa shape index (κ3) is 4.43. The predicted octanol–water partition coefficient (Wildman–Crippen LogP) is 5.55. The predicted molar refractivity (Wildman–Crippen MR) is 135 cm³/mol. The lowest BCUT2D eigenvalue weighted by molar-refractivity contribution is -0.115. The highest BCUT2D eigenvalue weighted by Gasteiger charge is 2.25. The van der Waals surface area contributed by atoms with Gasteiger partial charge in [0.25, 0.3) is 17.1 Å². The molecule has 1 saturated heterocycles. The first-order valence-corrected chi connectivity index (χ1v) is 11.8. The number of anilines is 1. The fourth-order valence-corrected chi connectivity index (χ4v) is 5.16. The van der Waals surface area contributed by atoms with E-state index in [1.165, 1.54) is 11.3 Å². The average Bonchev–Trinajstić information content (AvgIpc) is 3.45. The Hall–Kier alpha value is -3.95. The third-order valence-corrected chi connectivity index (χ3v) is 7.06. The zero-order valence-electron chi connectivity index (χ0n) is 17.8. The summed E-state index contributed by atoms with van der Waals surface area (Å²) < 4.78 is 5.21. The Morgan fingerprint density at radius 1 is 1.09 bits per heavy atom. The Kier molecular flexibility index (Phi) is 5.87. The number of imide groups is 1. The van der Waals surface area contributed by atoms with Crippen molar-refractivity contribution < 1.29 is 19.1 Å². The first kappa shape index (κ1) is 21.9. The van der Waals surface area contributed by atoms with Crippen LogP contribution in [0.1, 0.15) is 15.2 Å². The fraction of sp³-hybridized carbons (Fsp3) is 0.0400. The molecule has 1 aliphatic rings. The monoisotopic (exact) mass is 487 g/mol. The molecule has 3 heterocycles. The molecule has 2 aromatic heterocycles. The van der Waals surface area contributed by atoms with Crippen LogP contribution in [-0.2, 0) is 4.79 Å². The molecule has 5 rings (SSSR count). The van der Waals surface area contributed by atoms with Crippen LogP contribution in [0.5, 0.6) is 5.75 Å². The van der Waals surface area contributed by atoms with Crippen LogP contribution in [0.2, 0.25) is 0 Å². The van der Waals surface area contributed by atoms with Gasteiger partial charge in [0, 0.05) is 33.8 Å². The van der Waals surface area contributed by atoms with E-state index in [9.17, 15) is 14.4 Å². The summed E-state index contributed by atoms with van der Waals surface area (Å²) in [6, 6.07) is 18.4. The summed E-state index contributed by atoms with van der Waals surface area (Å²) >= 11 is 2.26. The number of rotatable bonds is 5. The Balaban J connectivity index is 1.45. The van der Waals surface area contributed by atoms with Crippen LogP contribution >= 0.6 is 23.1 Å². The van der Waals surface area contributed by atoms with E-state index in [0.29, 0.717) is 21.2 Å². The Morgan fingerprint density at radius 3 is 2.76 bits per heavy atom. The van der Waals surface area contributed by atoms with Gasteiger partial charge in [-0.05, 0) is 65.9 Å². The van der Waals surface area contributed by atoms with Crippen molar-refractivity contribution >= 4 is 62.8 Å². The Bertz CT molecular complexity index is 1490. The number of amides is 3. The SMILES string of the molecule is COc1cccc(NC(=O)c2ccc(-c3ccnc4ccc(C=C5SC(=O)NC5=O)cc34)s2)c1. The Labute approximate surface area is 202 Å². The van der Waals surface area contributed by atoms with Gasteiger partial charge in [-0.15, -0.1) is 11.3 Å². The van der Waals surface area contributed by atoms with Crippen molar-refractivity contribution in [2.24, 2.45) is 0 Å². The van der Waals surface area contributed by atoms with Crippen LogP contribution in [0.4, 0.5) is 10.5 Å². The van der Waals surface area contributed by atoms with Gasteiger partial charge in [0.2, 0.25) is 0 Å². The van der Waals surface area contributed by atoms with Gasteiger partial charge < -0.3 is 10.1 Å². The van der Waals surface area contributed by atoms with E-state index in [0.717, 1.165) is 38.7 Å². The van der Waals surface area contributed by atoms with E-state index in [1.807, 2.05) is 42.5 Å². The minimum Gasteiger partial charge on any atom is -0.497 e. The molecule has 2 N–H and O–H groups in total. The van der Waals surface area contributed by atoms with Gasteiger partial charge in [-0.3, -0.25) is 24.7 Å². The highest BCUT2D eigenvalue weighted by Crippen LogP contribution is 2.35. The lowest BCUT2D eigenvalue weighted by atomic mass is 10.0. The number of benzene rings is 2. The van der Waals surface area contributed by atoms with Gasteiger partial charge in [-0.1, -0.05) is 12.1 Å². The van der Waals surface area contributed by atoms with E-state index in [1.54, 1.807) is 37.6 Å². The van der Waals surface area contributed by atoms with Crippen LogP contribution in [0.25, 0.3) is 27.4 Å². The average molecular weight is 488 g/mol. The van der Waals surface area contributed by atoms with Crippen LogP contribution in [0.3, 0.4) is 0 Å². The number of ether oxygens (including phenoxy) is 1. The second-order valence-electron chi connectivity index (χ2n) is 7.34. The van der Waals surface area contributed by atoms with E-state index in [4.69, 9.17) is 4.74 Å². The summed E-state index contributed by atoms with van der Waals surface area (Å²) in [6.45, 7) is 0. The van der Waals surface area contributed by atoms with Gasteiger partial charge >= 0.3 is 0 Å². The zero-order chi connectivity index (χ0) is 23.7. The fourth-order valence-electron chi connectivity index (χ4n) is 3.54. The molecule has 0 bridgehead atoms. The third-order valence-electron chi connectivity index (χ3n) is 5.13. The van der Waals surface area contributed by atoms with E-state index in [-0.39, 0.29) is 11.1 Å². The summed E-state index contributed by atoms with van der Waals surface area (Å²) in [5.74, 6) is 0.0604. The van der Waals surface area contributed by atoms with E-state index >= 15 is 0 Å². The van der Waals surface area contributed by atoms with Crippen LogP contribution in [-0.4, -0.2) is 29.1 Å². The number of carbonyl (C=O) groups is 3. The molecule has 4 aromatic rings. The van der Waals surface area contributed by atoms with Gasteiger partial charge in [0.15, 0.2) is 0 Å². The van der Waals surface area contributed by atoms with Gasteiger partial charge in [0.1, 0.15) is 5.75 Å². The van der Waals surface area contributed by atoms with Crippen molar-refractivity contribution in [3.8, 4) is 16.2 Å². The molecule has 1 fully saturated rings. The van der Waals surface area contributed by atoms with Crippen LogP contribution in [0, 0.1) is 0 Å². The number of methoxy groups -OCH3 is 1. The second kappa shape index (κ2) is 9.12. The number of thiophene rings is 1. The molecule has 0 radical (unpaired) electrons. The summed E-state index contributed by atoms with van der Waals surface area (Å²) in [4.78, 5) is 42.4. The normalized spacial score (nSPS) is 14.4. The van der Waals surface area contributed by atoms with Crippen molar-refractivity contribution in [2.75, 3.05) is 12.4 Å². The number of hydrogen-bond donors (Lipinski definition) is 2. The van der Waals surface area contributed by atoms with Crippen molar-refractivity contribution in [3.05, 3.63) is 82.2 Å². The lowest BCUT2D eigenvalue weighted by Gasteiger charge is -2.06. The van der Waals surface area contributed by atoms with Gasteiger partial charge in [-0.2, -0.15) is 0 Å². The number of aromatic nitrogens is 1. The highest BCUT2D eigenvalue weighted by atomic mass is 32.2. The molecule has 0 atom stereocenters. The smallest absolute Gasteiger partial charge is 0.290 e. The molecular weight excluding hydrogens is 470 g/mol. The van der Waals surface area contributed by atoms with Gasteiger partial charge in [0.05, 0.1) is 22.4 Å². The number of hydrogen-bond acceptors (Lipinski definition) is 7. The summed E-state index contributed by atoms with van der Waals surface area (Å²) in [7, 11) is 1.58. The molecule has 3 amide bonds. The van der Waals surface area contributed by atoms with Crippen molar-refractivity contribution in [3.63, 3.8) is 0 Å². The largest absolute Gasteiger partial charge is 0.497 e. The number of nitrogens with zero attached hydrogens (tertiary/aromatic N) is 1. The maximum atomic E-state index is 12.8. The molecule has 0 saturated carbocycles. The van der Waals surface area contributed by atoms with Crippen LogP contribution < -0.4 is 15.4 Å². The molecule has 2 aromatic carbocycles. The van der Waals surface area contributed by atoms with Gasteiger partial charge in [-0.25, -0.2) is 0 Å². The maximum Gasteiger partial charge on any atom is 0.290 e. The number of thioether (sulfide) groups is 1. The molecule has 7 nitrogen and oxygen atoms in total. The minimum absolute atomic E-state index is 0.206. The number of fused-ring (bicyclic) bond motifs is 1. The lowest BCUT2D eigenvalue weighted by Crippen LogP contribution is -2.17. The highest BCUT2D eigenvalue weighted by molar-refractivity contribution is 8.18. The Morgan fingerprint density at radius 2 is 1.97 bits per heavy atom. The molecule has 0 aliphatic carbocycles. The molecule has 1 aliphatic heterocycles. The summed E-state index contributed by atoms with van der Waals surface area (Å²) in [6.07, 6.45) is 3.41. The number of pyridine rings is 1.